The number of amides is 3. The summed E-state index contributed by atoms with van der Waals surface area (Å²) >= 11 is 0. The summed E-state index contributed by atoms with van der Waals surface area (Å²) in [5.74, 6) is -1.10. The van der Waals surface area contributed by atoms with Crippen molar-refractivity contribution in [3.8, 4) is 0 Å². The lowest BCUT2D eigenvalue weighted by molar-refractivity contribution is -0.136. The zero-order valence-electron chi connectivity index (χ0n) is 19.5. The molecule has 11 heteroatoms. The Kier molecular flexibility index (Phi) is 14.8. The van der Waals surface area contributed by atoms with Gasteiger partial charge in [0, 0.05) is 26.7 Å². The van der Waals surface area contributed by atoms with Crippen molar-refractivity contribution in [2.45, 2.75) is 44.9 Å². The highest BCUT2D eigenvalue weighted by atomic mass is 16.5. The quantitative estimate of drug-likeness (QED) is 0.173. The van der Waals surface area contributed by atoms with Gasteiger partial charge in [-0.3, -0.25) is 14.4 Å². The van der Waals surface area contributed by atoms with E-state index >= 15 is 0 Å². The van der Waals surface area contributed by atoms with Crippen molar-refractivity contribution < 1.29 is 33.3 Å². The first-order valence-corrected chi connectivity index (χ1v) is 11.2. The van der Waals surface area contributed by atoms with Gasteiger partial charge in [-0.15, -0.1) is 0 Å². The Morgan fingerprint density at radius 1 is 1.06 bits per heavy atom. The number of nitrogens with zero attached hydrogens (tertiary/aromatic N) is 1. The normalized spacial score (nSPS) is 18.8. The lowest BCUT2D eigenvalue weighted by Gasteiger charge is -2.32. The number of ether oxygens (including phenoxy) is 4. The van der Waals surface area contributed by atoms with Crippen molar-refractivity contribution >= 4 is 18.2 Å². The van der Waals surface area contributed by atoms with Gasteiger partial charge in [-0.1, -0.05) is 6.92 Å². The number of likely N-dealkylation sites (tertiary alicyclic amines) is 1. The summed E-state index contributed by atoms with van der Waals surface area (Å²) in [6, 6.07) is -0.841. The van der Waals surface area contributed by atoms with E-state index < -0.39 is 18.1 Å². The molecule has 4 N–H and O–H groups in total. The van der Waals surface area contributed by atoms with Crippen LogP contribution >= 0.6 is 0 Å². The van der Waals surface area contributed by atoms with Crippen LogP contribution in [0.4, 0.5) is 0 Å². The van der Waals surface area contributed by atoms with E-state index in [1.165, 1.54) is 7.11 Å². The Morgan fingerprint density at radius 3 is 2.28 bits per heavy atom. The molecule has 1 aliphatic heterocycles. The molecule has 0 aliphatic carbocycles. The lowest BCUT2D eigenvalue weighted by Crippen LogP contribution is -2.51. The fourth-order valence-electron chi connectivity index (χ4n) is 3.58. The first-order chi connectivity index (χ1) is 15.5. The van der Waals surface area contributed by atoms with Gasteiger partial charge < -0.3 is 40.2 Å². The molecular formula is C21H40N4O7. The second-order valence-corrected chi connectivity index (χ2v) is 7.69. The minimum atomic E-state index is -0.704. The van der Waals surface area contributed by atoms with Gasteiger partial charge >= 0.3 is 0 Å². The van der Waals surface area contributed by atoms with E-state index in [1.54, 1.807) is 18.7 Å². The number of methoxy groups -OCH3 is 1. The van der Waals surface area contributed by atoms with E-state index in [2.05, 4.69) is 10.6 Å². The van der Waals surface area contributed by atoms with Crippen LogP contribution < -0.4 is 16.4 Å². The summed E-state index contributed by atoms with van der Waals surface area (Å²) in [5.41, 5.74) is 5.31. The summed E-state index contributed by atoms with van der Waals surface area (Å²) in [4.78, 5) is 37.8. The molecule has 0 aromatic heterocycles. The number of carbonyl (C=O) groups excluding carboxylic acids is 3. The van der Waals surface area contributed by atoms with Crippen molar-refractivity contribution in [1.82, 2.24) is 15.5 Å². The first-order valence-electron chi connectivity index (χ1n) is 11.2. The van der Waals surface area contributed by atoms with Gasteiger partial charge in [-0.2, -0.15) is 0 Å². The Labute approximate surface area is 190 Å². The second-order valence-electron chi connectivity index (χ2n) is 7.69. The van der Waals surface area contributed by atoms with Gasteiger partial charge in [0.05, 0.1) is 57.7 Å². The molecule has 1 heterocycles. The molecule has 3 unspecified atom stereocenters. The summed E-state index contributed by atoms with van der Waals surface area (Å²) in [6.07, 6.45) is 2.04. The third-order valence-corrected chi connectivity index (χ3v) is 5.34. The number of nitrogens with two attached hydrogens (primary N) is 1. The maximum atomic E-state index is 12.6. The van der Waals surface area contributed by atoms with Crippen LogP contribution in [0.15, 0.2) is 0 Å². The van der Waals surface area contributed by atoms with Crippen molar-refractivity contribution in [1.29, 1.82) is 0 Å². The number of rotatable bonds is 18. The molecule has 186 valence electrons. The van der Waals surface area contributed by atoms with Gasteiger partial charge in [0.2, 0.25) is 18.2 Å². The topological polar surface area (TPSA) is 141 Å². The van der Waals surface area contributed by atoms with Crippen molar-refractivity contribution in [3.05, 3.63) is 0 Å². The molecule has 0 bridgehead atoms. The monoisotopic (exact) mass is 460 g/mol. The highest BCUT2D eigenvalue weighted by Crippen LogP contribution is 2.25. The second kappa shape index (κ2) is 16.8. The molecule has 1 rings (SSSR count). The molecule has 1 aliphatic rings. The van der Waals surface area contributed by atoms with E-state index in [1.807, 2.05) is 0 Å². The Morgan fingerprint density at radius 2 is 1.69 bits per heavy atom. The number of nitrogens with one attached hydrogen (secondary N) is 2. The van der Waals surface area contributed by atoms with Crippen molar-refractivity contribution in [3.63, 3.8) is 0 Å². The fourth-order valence-corrected chi connectivity index (χ4v) is 3.58. The van der Waals surface area contributed by atoms with Crippen LogP contribution in [-0.2, 0) is 33.3 Å². The largest absolute Gasteiger partial charge is 0.378 e. The third kappa shape index (κ3) is 10.2. The average Bonchev–Trinajstić information content (AvgIpc) is 3.26. The smallest absolute Gasteiger partial charge is 0.242 e. The number of carbonyl (C=O) groups is 3. The molecule has 11 nitrogen and oxygen atoms in total. The first kappa shape index (κ1) is 28.2. The van der Waals surface area contributed by atoms with E-state index in [-0.39, 0.29) is 17.9 Å². The van der Waals surface area contributed by atoms with Crippen LogP contribution in [0.25, 0.3) is 0 Å². The summed E-state index contributed by atoms with van der Waals surface area (Å²) in [5, 5.41) is 5.45. The van der Waals surface area contributed by atoms with Crippen LogP contribution in [0.5, 0.6) is 0 Å². The Hall–Kier alpha value is -1.79. The molecule has 3 amide bonds. The number of hydrogen-bond donors (Lipinski definition) is 3. The minimum Gasteiger partial charge on any atom is -0.378 e. The Balaban J connectivity index is 2.21. The van der Waals surface area contributed by atoms with Gasteiger partial charge in [-0.25, -0.2) is 0 Å². The molecule has 0 radical (unpaired) electrons. The zero-order valence-corrected chi connectivity index (χ0v) is 19.5. The standard InChI is InChI=1S/C21H40N4O7/c1-16(19(29-3)18-5-4-8-25(18)15-26)20(27)24-17(2)21(28)23-7-10-31-12-14-32-13-11-30-9-6-22/h15-19H,4-14,22H2,1-3H3,(H,23,28)(H,24,27)/t16?,17-,18?,19?/m0/s1. The average molecular weight is 461 g/mol. The van der Waals surface area contributed by atoms with Crippen LogP contribution in [0.1, 0.15) is 26.7 Å². The Bertz CT molecular complexity index is 552. The predicted octanol–water partition coefficient (Wildman–Crippen LogP) is -1.11. The molecule has 1 fully saturated rings. The third-order valence-electron chi connectivity index (χ3n) is 5.34. The van der Waals surface area contributed by atoms with Crippen molar-refractivity contribution in [2.75, 3.05) is 66.4 Å². The summed E-state index contributed by atoms with van der Waals surface area (Å²) in [7, 11) is 1.53. The molecule has 32 heavy (non-hydrogen) atoms. The van der Waals surface area contributed by atoms with E-state index in [0.29, 0.717) is 59.3 Å². The fraction of sp³-hybridized carbons (Fsp3) is 0.857. The number of hydrogen-bond acceptors (Lipinski definition) is 8. The molecule has 1 saturated heterocycles. The zero-order chi connectivity index (χ0) is 23.8. The molecule has 0 aromatic rings. The van der Waals surface area contributed by atoms with E-state index in [0.717, 1.165) is 19.3 Å². The van der Waals surface area contributed by atoms with Gasteiger partial charge in [0.15, 0.2) is 0 Å². The van der Waals surface area contributed by atoms with Gasteiger partial charge in [0.1, 0.15) is 6.04 Å². The predicted molar refractivity (Wildman–Crippen MR) is 118 cm³/mol. The summed E-state index contributed by atoms with van der Waals surface area (Å²) in [6.45, 7) is 7.53. The SMILES string of the molecule is COC(C(C)C(=O)N[C@@H](C)C(=O)NCCOCCOCCOCCN)C1CCCN1C=O. The maximum Gasteiger partial charge on any atom is 0.242 e. The van der Waals surface area contributed by atoms with E-state index in [9.17, 15) is 14.4 Å². The minimum absolute atomic E-state index is 0.137. The van der Waals surface area contributed by atoms with E-state index in [4.69, 9.17) is 24.7 Å². The highest BCUT2D eigenvalue weighted by Gasteiger charge is 2.37. The summed E-state index contributed by atoms with van der Waals surface area (Å²) < 4.78 is 21.4. The lowest BCUT2D eigenvalue weighted by atomic mass is 9.95. The van der Waals surface area contributed by atoms with Crippen molar-refractivity contribution in [2.24, 2.45) is 11.7 Å². The molecular weight excluding hydrogens is 420 g/mol. The van der Waals surface area contributed by atoms with Crippen LogP contribution in [0.2, 0.25) is 0 Å². The van der Waals surface area contributed by atoms with Gasteiger partial charge in [0.25, 0.3) is 0 Å². The van der Waals surface area contributed by atoms with Crippen LogP contribution in [-0.4, -0.2) is 108 Å². The highest BCUT2D eigenvalue weighted by molar-refractivity contribution is 5.88. The molecule has 0 aromatic carbocycles. The van der Waals surface area contributed by atoms with Crippen LogP contribution in [0, 0.1) is 5.92 Å². The molecule has 0 saturated carbocycles. The molecule has 4 atom stereocenters. The maximum absolute atomic E-state index is 12.6. The molecule has 0 spiro atoms. The van der Waals surface area contributed by atoms with Crippen LogP contribution in [0.3, 0.4) is 0 Å². The van der Waals surface area contributed by atoms with Gasteiger partial charge in [-0.05, 0) is 19.8 Å².